The fourth-order valence-electron chi connectivity index (χ4n) is 3.70. The van der Waals surface area contributed by atoms with Crippen LogP contribution in [0.3, 0.4) is 0 Å². The molecule has 9 heteroatoms. The van der Waals surface area contributed by atoms with Gasteiger partial charge in [0, 0.05) is 25.9 Å². The highest BCUT2D eigenvalue weighted by atomic mass is 32.1. The van der Waals surface area contributed by atoms with Crippen LogP contribution in [-0.2, 0) is 9.47 Å². The summed E-state index contributed by atoms with van der Waals surface area (Å²) in [5, 5.41) is 14.7. The Hall–Kier alpha value is -1.94. The third-order valence-electron chi connectivity index (χ3n) is 4.94. The number of hydrogen-bond donors (Lipinski definition) is 1. The van der Waals surface area contributed by atoms with Crippen molar-refractivity contribution in [1.29, 1.82) is 0 Å². The summed E-state index contributed by atoms with van der Waals surface area (Å²) in [5.41, 5.74) is 0. The molecular weight excluding hydrogens is 344 g/mol. The summed E-state index contributed by atoms with van der Waals surface area (Å²) in [5.74, 6) is 0.481. The van der Waals surface area contributed by atoms with Gasteiger partial charge < -0.3 is 19.0 Å². The van der Waals surface area contributed by atoms with Crippen molar-refractivity contribution in [1.82, 2.24) is 19.5 Å². The second-order valence-corrected chi connectivity index (χ2v) is 7.31. The quantitative estimate of drug-likeness (QED) is 0.763. The lowest BCUT2D eigenvalue weighted by atomic mass is 10.0. The Morgan fingerprint density at radius 2 is 2.04 bits per heavy atom. The molecule has 0 amide bonds. The van der Waals surface area contributed by atoms with E-state index in [0.717, 1.165) is 36.6 Å². The second-order valence-electron chi connectivity index (χ2n) is 6.31. The molecule has 5 rings (SSSR count). The van der Waals surface area contributed by atoms with Gasteiger partial charge in [-0.2, -0.15) is 9.61 Å². The van der Waals surface area contributed by atoms with Gasteiger partial charge in [-0.3, -0.25) is 4.90 Å². The molecule has 0 aliphatic carbocycles. The lowest BCUT2D eigenvalue weighted by Gasteiger charge is -2.40. The normalized spacial score (nSPS) is 22.1. The number of aromatic hydroxyl groups is 1. The maximum atomic E-state index is 10.6. The zero-order valence-corrected chi connectivity index (χ0v) is 14.3. The van der Waals surface area contributed by atoms with Crippen molar-refractivity contribution < 1.29 is 19.0 Å². The number of ether oxygens (including phenoxy) is 2. The van der Waals surface area contributed by atoms with Gasteiger partial charge >= 0.3 is 0 Å². The predicted molar refractivity (Wildman–Crippen MR) is 88.5 cm³/mol. The molecule has 2 aliphatic heterocycles. The topological polar surface area (TPSA) is 85.3 Å². The number of piperidine rings is 1. The molecule has 1 spiro atoms. The Bertz CT molecular complexity index is 858. The highest BCUT2D eigenvalue weighted by molar-refractivity contribution is 7.17. The van der Waals surface area contributed by atoms with Gasteiger partial charge in [-0.05, 0) is 12.1 Å². The van der Waals surface area contributed by atoms with Crippen molar-refractivity contribution in [2.45, 2.75) is 24.7 Å². The van der Waals surface area contributed by atoms with Crippen LogP contribution in [0.15, 0.2) is 29.1 Å². The Labute approximate surface area is 147 Å². The maximum absolute atomic E-state index is 10.6. The van der Waals surface area contributed by atoms with Crippen LogP contribution < -0.4 is 0 Å². The van der Waals surface area contributed by atoms with Gasteiger partial charge in [-0.15, -0.1) is 0 Å². The standard InChI is InChI=1S/C16H18N4O4S/c21-14-13(25-15-17-10-18-20(14)15)12(11-2-1-7-22-11)19-5-3-16(4-6-19)23-8-9-24-16/h1-2,7,10,12,21H,3-6,8-9H2/t12-/m1/s1. The molecule has 3 aromatic rings. The molecule has 132 valence electrons. The summed E-state index contributed by atoms with van der Waals surface area (Å²) < 4.78 is 18.8. The Morgan fingerprint density at radius 1 is 1.24 bits per heavy atom. The van der Waals surface area contributed by atoms with E-state index in [0.29, 0.717) is 18.2 Å². The van der Waals surface area contributed by atoms with E-state index >= 15 is 0 Å². The highest BCUT2D eigenvalue weighted by Gasteiger charge is 2.43. The molecule has 0 unspecified atom stereocenters. The molecule has 0 saturated carbocycles. The molecule has 0 aromatic carbocycles. The van der Waals surface area contributed by atoms with Gasteiger partial charge in [0.15, 0.2) is 5.79 Å². The van der Waals surface area contributed by atoms with Crippen LogP contribution in [0.2, 0.25) is 0 Å². The number of likely N-dealkylation sites (tertiary alicyclic amines) is 1. The first-order valence-electron chi connectivity index (χ1n) is 8.32. The van der Waals surface area contributed by atoms with Gasteiger partial charge in [-0.25, -0.2) is 4.98 Å². The average Bonchev–Trinajstić information content (AvgIpc) is 3.39. The molecule has 2 aliphatic rings. The highest BCUT2D eigenvalue weighted by Crippen LogP contribution is 2.42. The van der Waals surface area contributed by atoms with Crippen LogP contribution in [-0.4, -0.2) is 56.7 Å². The third-order valence-corrected chi connectivity index (χ3v) is 6.02. The molecule has 8 nitrogen and oxygen atoms in total. The van der Waals surface area contributed by atoms with E-state index in [9.17, 15) is 5.11 Å². The summed E-state index contributed by atoms with van der Waals surface area (Å²) >= 11 is 1.43. The number of hydrogen-bond acceptors (Lipinski definition) is 8. The summed E-state index contributed by atoms with van der Waals surface area (Å²) in [6, 6.07) is 3.63. The second kappa shape index (κ2) is 5.80. The zero-order valence-electron chi connectivity index (χ0n) is 13.5. The minimum absolute atomic E-state index is 0.118. The first-order chi connectivity index (χ1) is 12.3. The van der Waals surface area contributed by atoms with Crippen molar-refractivity contribution in [2.75, 3.05) is 26.3 Å². The Kier molecular flexibility index (Phi) is 3.56. The van der Waals surface area contributed by atoms with Crippen LogP contribution in [0.4, 0.5) is 0 Å². The Morgan fingerprint density at radius 3 is 2.72 bits per heavy atom. The summed E-state index contributed by atoms with van der Waals surface area (Å²) in [7, 11) is 0. The minimum Gasteiger partial charge on any atom is -0.492 e. The van der Waals surface area contributed by atoms with E-state index in [-0.39, 0.29) is 11.9 Å². The molecule has 1 N–H and O–H groups in total. The van der Waals surface area contributed by atoms with Crippen molar-refractivity contribution in [3.05, 3.63) is 35.4 Å². The fraction of sp³-hybridized carbons (Fsp3) is 0.500. The first-order valence-corrected chi connectivity index (χ1v) is 9.14. The van der Waals surface area contributed by atoms with Crippen LogP contribution in [0.25, 0.3) is 4.96 Å². The molecule has 2 fully saturated rings. The van der Waals surface area contributed by atoms with Crippen LogP contribution in [0.1, 0.15) is 29.5 Å². The van der Waals surface area contributed by atoms with Crippen LogP contribution in [0, 0.1) is 0 Å². The molecule has 2 saturated heterocycles. The summed E-state index contributed by atoms with van der Waals surface area (Å²) in [6.45, 7) is 2.91. The molecule has 3 aromatic heterocycles. The van der Waals surface area contributed by atoms with Crippen LogP contribution >= 0.6 is 11.3 Å². The minimum atomic E-state index is -0.433. The fourth-order valence-corrected chi connectivity index (χ4v) is 4.77. The van der Waals surface area contributed by atoms with Gasteiger partial charge in [0.2, 0.25) is 10.8 Å². The number of thiazole rings is 1. The summed E-state index contributed by atoms with van der Waals surface area (Å²) in [6.07, 6.45) is 4.69. The molecule has 25 heavy (non-hydrogen) atoms. The largest absolute Gasteiger partial charge is 0.492 e. The zero-order chi connectivity index (χ0) is 16.9. The van der Waals surface area contributed by atoms with E-state index < -0.39 is 5.79 Å². The van der Waals surface area contributed by atoms with Crippen molar-refractivity contribution >= 4 is 16.3 Å². The van der Waals surface area contributed by atoms with Gasteiger partial charge in [-0.1, -0.05) is 11.3 Å². The van der Waals surface area contributed by atoms with Crippen molar-refractivity contribution in [3.63, 3.8) is 0 Å². The predicted octanol–water partition coefficient (Wildman–Crippen LogP) is 2.02. The van der Waals surface area contributed by atoms with E-state index in [1.54, 1.807) is 6.26 Å². The molecule has 0 radical (unpaired) electrons. The lowest BCUT2D eigenvalue weighted by molar-refractivity contribution is -0.187. The Balaban J connectivity index is 1.49. The van der Waals surface area contributed by atoms with Crippen LogP contribution in [0.5, 0.6) is 5.88 Å². The number of nitrogens with zero attached hydrogens (tertiary/aromatic N) is 4. The maximum Gasteiger partial charge on any atom is 0.230 e. The third kappa shape index (κ3) is 2.46. The monoisotopic (exact) mass is 362 g/mol. The first kappa shape index (κ1) is 15.3. The van der Waals surface area contributed by atoms with Gasteiger partial charge in [0.05, 0.1) is 24.4 Å². The molecule has 1 atom stereocenters. The number of rotatable bonds is 3. The van der Waals surface area contributed by atoms with E-state index in [1.165, 1.54) is 22.2 Å². The number of furan rings is 1. The molecule has 0 bridgehead atoms. The number of fused-ring (bicyclic) bond motifs is 1. The van der Waals surface area contributed by atoms with Crippen molar-refractivity contribution in [3.8, 4) is 5.88 Å². The van der Waals surface area contributed by atoms with E-state index in [1.807, 2.05) is 12.1 Å². The number of aromatic nitrogens is 3. The lowest BCUT2D eigenvalue weighted by Crippen LogP contribution is -2.46. The van der Waals surface area contributed by atoms with Gasteiger partial charge in [0.1, 0.15) is 18.1 Å². The van der Waals surface area contributed by atoms with E-state index in [2.05, 4.69) is 15.0 Å². The summed E-state index contributed by atoms with van der Waals surface area (Å²) in [4.78, 5) is 7.93. The van der Waals surface area contributed by atoms with Gasteiger partial charge in [0.25, 0.3) is 0 Å². The van der Waals surface area contributed by atoms with E-state index in [4.69, 9.17) is 13.9 Å². The SMILES string of the molecule is Oc1c([C@@H](c2ccco2)N2CCC3(CC2)OCCO3)sc2ncnn12. The molecule has 5 heterocycles. The smallest absolute Gasteiger partial charge is 0.230 e. The molecular formula is C16H18N4O4S. The van der Waals surface area contributed by atoms with Crippen molar-refractivity contribution in [2.24, 2.45) is 0 Å². The average molecular weight is 362 g/mol.